The van der Waals surface area contributed by atoms with Gasteiger partial charge in [-0.3, -0.25) is 0 Å². The second-order valence-corrected chi connectivity index (χ2v) is 5.06. The highest BCUT2D eigenvalue weighted by atomic mass is 35.5. The Balaban J connectivity index is 2.33. The molecule has 0 aliphatic rings. The molecule has 0 unspecified atom stereocenters. The minimum Gasteiger partial charge on any atom is -0.493 e. The zero-order valence-corrected chi connectivity index (χ0v) is 13.0. The molecule has 0 atom stereocenters. The van der Waals surface area contributed by atoms with Gasteiger partial charge in [0.25, 0.3) is 0 Å². The van der Waals surface area contributed by atoms with Gasteiger partial charge in [-0.1, -0.05) is 31.4 Å². The number of fused-ring (bicyclic) bond motifs is 1. The van der Waals surface area contributed by atoms with Crippen LogP contribution in [-0.2, 0) is 0 Å². The average Bonchev–Trinajstić information content (AvgIpc) is 2.42. The fourth-order valence-corrected chi connectivity index (χ4v) is 2.33. The lowest BCUT2D eigenvalue weighted by Crippen LogP contribution is -2.00. The van der Waals surface area contributed by atoms with E-state index in [4.69, 9.17) is 32.7 Å². The molecule has 0 amide bonds. The summed E-state index contributed by atoms with van der Waals surface area (Å²) in [5, 5.41) is 1.11. The van der Waals surface area contributed by atoms with E-state index in [-0.39, 0.29) is 5.28 Å². The summed E-state index contributed by atoms with van der Waals surface area (Å²) in [6.45, 7) is 2.79. The molecule has 20 heavy (non-hydrogen) atoms. The Morgan fingerprint density at radius 1 is 1.10 bits per heavy atom. The van der Waals surface area contributed by atoms with Crippen LogP contribution < -0.4 is 9.47 Å². The monoisotopic (exact) mass is 314 g/mol. The fraction of sp³-hybridized carbons (Fsp3) is 0.429. The van der Waals surface area contributed by atoms with Crippen LogP contribution in [0.25, 0.3) is 10.9 Å². The van der Waals surface area contributed by atoms with Crippen molar-refractivity contribution >= 4 is 34.1 Å². The fourth-order valence-electron chi connectivity index (χ4n) is 1.88. The van der Waals surface area contributed by atoms with Gasteiger partial charge in [0, 0.05) is 11.5 Å². The summed E-state index contributed by atoms with van der Waals surface area (Å²) in [6.07, 6.45) is 3.29. The Bertz CT molecular complexity index is 605. The van der Waals surface area contributed by atoms with Gasteiger partial charge in [0.2, 0.25) is 5.28 Å². The molecular formula is C14H16Cl2N2O2. The number of methoxy groups -OCH3 is 1. The normalized spacial score (nSPS) is 10.8. The molecule has 6 heteroatoms. The molecular weight excluding hydrogens is 299 g/mol. The van der Waals surface area contributed by atoms with Gasteiger partial charge in [0.15, 0.2) is 11.5 Å². The first kappa shape index (κ1) is 15.1. The molecule has 1 aromatic heterocycles. The van der Waals surface area contributed by atoms with Crippen molar-refractivity contribution in [2.45, 2.75) is 26.2 Å². The third-order valence-corrected chi connectivity index (χ3v) is 3.37. The van der Waals surface area contributed by atoms with E-state index >= 15 is 0 Å². The molecule has 0 fully saturated rings. The summed E-state index contributed by atoms with van der Waals surface area (Å²) < 4.78 is 11.1. The number of hydrogen-bond donors (Lipinski definition) is 0. The van der Waals surface area contributed by atoms with Gasteiger partial charge in [-0.15, -0.1) is 0 Å². The highest BCUT2D eigenvalue weighted by molar-refractivity contribution is 6.35. The predicted octanol–water partition coefficient (Wildman–Crippen LogP) is 4.51. The van der Waals surface area contributed by atoms with Crippen LogP contribution in [0.5, 0.6) is 11.5 Å². The summed E-state index contributed by atoms with van der Waals surface area (Å²) in [6, 6.07) is 3.54. The molecule has 0 aliphatic carbocycles. The number of benzene rings is 1. The number of aromatic nitrogens is 2. The first-order valence-corrected chi connectivity index (χ1v) is 7.25. The number of unbranched alkanes of at least 4 members (excludes halogenated alkanes) is 2. The number of halogens is 2. The van der Waals surface area contributed by atoms with Crippen LogP contribution >= 0.6 is 23.2 Å². The van der Waals surface area contributed by atoms with Crippen molar-refractivity contribution in [1.29, 1.82) is 0 Å². The Morgan fingerprint density at radius 3 is 2.60 bits per heavy atom. The first-order chi connectivity index (χ1) is 9.65. The van der Waals surface area contributed by atoms with Crippen LogP contribution in [0.1, 0.15) is 26.2 Å². The summed E-state index contributed by atoms with van der Waals surface area (Å²) >= 11 is 11.9. The molecule has 108 valence electrons. The standard InChI is InChI=1S/C14H16Cl2N2O2/c1-3-4-5-6-20-12-8-10-9(7-11(12)19-2)13(15)18-14(16)17-10/h7-8H,3-6H2,1-2H3. The quantitative estimate of drug-likeness (QED) is 0.447. The van der Waals surface area contributed by atoms with Crippen molar-refractivity contribution < 1.29 is 9.47 Å². The van der Waals surface area contributed by atoms with E-state index < -0.39 is 0 Å². The van der Waals surface area contributed by atoms with Crippen LogP contribution in [0.2, 0.25) is 10.4 Å². The molecule has 2 aromatic rings. The second-order valence-electron chi connectivity index (χ2n) is 4.36. The molecule has 0 saturated carbocycles. The first-order valence-electron chi connectivity index (χ1n) is 6.49. The molecule has 0 saturated heterocycles. The third kappa shape index (κ3) is 3.44. The van der Waals surface area contributed by atoms with E-state index in [1.165, 1.54) is 0 Å². The lowest BCUT2D eigenvalue weighted by Gasteiger charge is -2.12. The summed E-state index contributed by atoms with van der Waals surface area (Å²) in [7, 11) is 1.59. The maximum atomic E-state index is 6.06. The molecule has 4 nitrogen and oxygen atoms in total. The summed E-state index contributed by atoms with van der Waals surface area (Å²) in [5.41, 5.74) is 0.640. The zero-order chi connectivity index (χ0) is 14.5. The number of hydrogen-bond acceptors (Lipinski definition) is 4. The van der Waals surface area contributed by atoms with Crippen LogP contribution in [0.3, 0.4) is 0 Å². The maximum Gasteiger partial charge on any atom is 0.224 e. The highest BCUT2D eigenvalue weighted by Crippen LogP contribution is 2.34. The van der Waals surface area contributed by atoms with Crippen LogP contribution in [0.4, 0.5) is 0 Å². The molecule has 2 rings (SSSR count). The van der Waals surface area contributed by atoms with Gasteiger partial charge in [-0.25, -0.2) is 9.97 Å². The topological polar surface area (TPSA) is 44.2 Å². The van der Waals surface area contributed by atoms with Crippen molar-refractivity contribution in [3.05, 3.63) is 22.6 Å². The molecule has 0 aliphatic heterocycles. The lowest BCUT2D eigenvalue weighted by molar-refractivity contribution is 0.286. The van der Waals surface area contributed by atoms with Crippen LogP contribution in [0, 0.1) is 0 Å². The molecule has 0 radical (unpaired) electrons. The molecule has 1 aromatic carbocycles. The van der Waals surface area contributed by atoms with E-state index in [2.05, 4.69) is 16.9 Å². The predicted molar refractivity (Wildman–Crippen MR) is 81.1 cm³/mol. The van der Waals surface area contributed by atoms with Gasteiger partial charge in [0.05, 0.1) is 19.2 Å². The van der Waals surface area contributed by atoms with Gasteiger partial charge in [-0.05, 0) is 24.1 Å². The van der Waals surface area contributed by atoms with Crippen molar-refractivity contribution in [3.8, 4) is 11.5 Å². The Kier molecular flexibility index (Phi) is 5.26. The molecule has 1 heterocycles. The largest absolute Gasteiger partial charge is 0.493 e. The number of ether oxygens (including phenoxy) is 2. The Hall–Kier alpha value is -1.26. The average molecular weight is 315 g/mol. The van der Waals surface area contributed by atoms with Crippen LogP contribution in [-0.4, -0.2) is 23.7 Å². The van der Waals surface area contributed by atoms with Crippen molar-refractivity contribution in [3.63, 3.8) is 0 Å². The van der Waals surface area contributed by atoms with Gasteiger partial charge < -0.3 is 9.47 Å². The van der Waals surface area contributed by atoms with E-state index in [9.17, 15) is 0 Å². The van der Waals surface area contributed by atoms with E-state index in [1.54, 1.807) is 19.2 Å². The zero-order valence-electron chi connectivity index (χ0n) is 11.4. The van der Waals surface area contributed by atoms with E-state index in [0.717, 1.165) is 19.3 Å². The number of rotatable bonds is 6. The summed E-state index contributed by atoms with van der Waals surface area (Å²) in [4.78, 5) is 8.07. The van der Waals surface area contributed by atoms with Crippen molar-refractivity contribution in [1.82, 2.24) is 9.97 Å². The van der Waals surface area contributed by atoms with E-state index in [1.807, 2.05) is 0 Å². The van der Waals surface area contributed by atoms with Gasteiger partial charge in [0.1, 0.15) is 5.15 Å². The van der Waals surface area contributed by atoms with Gasteiger partial charge in [-0.2, -0.15) is 0 Å². The van der Waals surface area contributed by atoms with E-state index in [0.29, 0.717) is 34.2 Å². The molecule has 0 bridgehead atoms. The third-order valence-electron chi connectivity index (χ3n) is 2.91. The molecule has 0 N–H and O–H groups in total. The Labute approximate surface area is 128 Å². The molecule has 0 spiro atoms. The highest BCUT2D eigenvalue weighted by Gasteiger charge is 2.12. The lowest BCUT2D eigenvalue weighted by atomic mass is 10.2. The smallest absolute Gasteiger partial charge is 0.224 e. The van der Waals surface area contributed by atoms with Gasteiger partial charge >= 0.3 is 0 Å². The minimum absolute atomic E-state index is 0.115. The second kappa shape index (κ2) is 6.95. The summed E-state index contributed by atoms with van der Waals surface area (Å²) in [5.74, 6) is 1.25. The minimum atomic E-state index is 0.115. The van der Waals surface area contributed by atoms with Crippen molar-refractivity contribution in [2.75, 3.05) is 13.7 Å². The number of nitrogens with zero attached hydrogens (tertiary/aromatic N) is 2. The Morgan fingerprint density at radius 2 is 1.90 bits per heavy atom. The van der Waals surface area contributed by atoms with Crippen molar-refractivity contribution in [2.24, 2.45) is 0 Å². The maximum absolute atomic E-state index is 6.06. The van der Waals surface area contributed by atoms with Crippen LogP contribution in [0.15, 0.2) is 12.1 Å². The SMILES string of the molecule is CCCCCOc1cc2nc(Cl)nc(Cl)c2cc1OC.